The molecule has 0 saturated heterocycles. The highest BCUT2D eigenvalue weighted by atomic mass is 16.5. The predicted octanol–water partition coefficient (Wildman–Crippen LogP) is 4.15. The lowest BCUT2D eigenvalue weighted by Crippen LogP contribution is -2.29. The van der Waals surface area contributed by atoms with Gasteiger partial charge in [0.25, 0.3) is 5.91 Å². The number of benzene rings is 2. The minimum absolute atomic E-state index is 0.0517. The predicted molar refractivity (Wildman–Crippen MR) is 104 cm³/mol. The van der Waals surface area contributed by atoms with E-state index in [9.17, 15) is 9.59 Å². The summed E-state index contributed by atoms with van der Waals surface area (Å²) in [6, 6.07) is 15.8. The van der Waals surface area contributed by atoms with E-state index in [0.29, 0.717) is 28.1 Å². The fourth-order valence-electron chi connectivity index (χ4n) is 3.74. The first kappa shape index (κ1) is 16.5. The molecule has 0 N–H and O–H groups in total. The second-order valence-electron chi connectivity index (χ2n) is 6.96. The van der Waals surface area contributed by atoms with Gasteiger partial charge in [0.05, 0.1) is 17.0 Å². The van der Waals surface area contributed by atoms with Crippen LogP contribution in [0.2, 0.25) is 0 Å². The maximum Gasteiger partial charge on any atom is 0.296 e. The summed E-state index contributed by atoms with van der Waals surface area (Å²) in [5.41, 5.74) is 2.27. The molecule has 0 radical (unpaired) electrons. The molecule has 0 bridgehead atoms. The van der Waals surface area contributed by atoms with Crippen LogP contribution in [0.4, 0.5) is 5.82 Å². The van der Waals surface area contributed by atoms with Gasteiger partial charge >= 0.3 is 0 Å². The van der Waals surface area contributed by atoms with Crippen LogP contribution in [0, 0.1) is 13.8 Å². The molecule has 5 rings (SSSR count). The molecule has 1 atom stereocenters. The summed E-state index contributed by atoms with van der Waals surface area (Å²) in [6.45, 7) is 3.67. The third kappa shape index (κ3) is 2.31. The summed E-state index contributed by atoms with van der Waals surface area (Å²) in [6.07, 6.45) is 0. The van der Waals surface area contributed by atoms with Crippen molar-refractivity contribution in [2.24, 2.45) is 0 Å². The highest BCUT2D eigenvalue weighted by Crippen LogP contribution is 2.40. The van der Waals surface area contributed by atoms with E-state index in [2.05, 4.69) is 5.16 Å². The summed E-state index contributed by atoms with van der Waals surface area (Å²) >= 11 is 0. The Kier molecular flexibility index (Phi) is 3.49. The molecule has 2 aromatic heterocycles. The van der Waals surface area contributed by atoms with Crippen LogP contribution in [-0.2, 0) is 0 Å². The van der Waals surface area contributed by atoms with Gasteiger partial charge < -0.3 is 8.94 Å². The zero-order chi connectivity index (χ0) is 19.4. The maximum atomic E-state index is 13.4. The Morgan fingerprint density at radius 2 is 1.79 bits per heavy atom. The lowest BCUT2D eigenvalue weighted by molar-refractivity contribution is 0.0969. The molecule has 6 nitrogen and oxygen atoms in total. The molecule has 1 amide bonds. The van der Waals surface area contributed by atoms with Crippen LogP contribution in [0.25, 0.3) is 11.0 Å². The van der Waals surface area contributed by atoms with Gasteiger partial charge in [-0.2, -0.15) is 0 Å². The fourth-order valence-corrected chi connectivity index (χ4v) is 3.74. The number of amides is 1. The quantitative estimate of drug-likeness (QED) is 0.528. The Morgan fingerprint density at radius 1 is 1.00 bits per heavy atom. The van der Waals surface area contributed by atoms with Crippen molar-refractivity contribution in [3.05, 3.63) is 93.0 Å². The lowest BCUT2D eigenvalue weighted by Gasteiger charge is -2.22. The molecule has 1 aliphatic rings. The van der Waals surface area contributed by atoms with E-state index in [-0.39, 0.29) is 11.2 Å². The van der Waals surface area contributed by atoms with Gasteiger partial charge in [0.2, 0.25) is 5.76 Å². The molecule has 4 aromatic rings. The summed E-state index contributed by atoms with van der Waals surface area (Å²) < 4.78 is 11.1. The number of rotatable bonds is 2. The van der Waals surface area contributed by atoms with Crippen LogP contribution in [-0.4, -0.2) is 11.1 Å². The molecule has 1 unspecified atom stereocenters. The molecule has 138 valence electrons. The summed E-state index contributed by atoms with van der Waals surface area (Å²) in [7, 11) is 0. The Balaban J connectivity index is 1.84. The molecule has 0 spiro atoms. The van der Waals surface area contributed by atoms with Gasteiger partial charge in [-0.1, -0.05) is 47.1 Å². The number of carbonyl (C=O) groups excluding carboxylic acids is 1. The van der Waals surface area contributed by atoms with Gasteiger partial charge in [0, 0.05) is 6.07 Å². The fraction of sp³-hybridized carbons (Fsp3) is 0.136. The molecule has 0 aliphatic carbocycles. The molecule has 28 heavy (non-hydrogen) atoms. The number of nitrogens with zero attached hydrogens (tertiary/aromatic N) is 2. The number of anilines is 1. The molecule has 0 fully saturated rings. The molecule has 2 aromatic carbocycles. The van der Waals surface area contributed by atoms with Gasteiger partial charge in [-0.05, 0) is 31.5 Å². The SMILES string of the molecule is Cc1ccc2oc3c(c(=O)c2c1)C(c1ccccc1)N(c1cc(C)on1)C3=O. The van der Waals surface area contributed by atoms with E-state index in [1.807, 2.05) is 43.3 Å². The topological polar surface area (TPSA) is 76.6 Å². The van der Waals surface area contributed by atoms with Crippen molar-refractivity contribution in [2.75, 3.05) is 4.90 Å². The molecular weight excluding hydrogens is 356 g/mol. The second-order valence-corrected chi connectivity index (χ2v) is 6.96. The monoisotopic (exact) mass is 372 g/mol. The highest BCUT2D eigenvalue weighted by Gasteiger charge is 2.44. The van der Waals surface area contributed by atoms with Crippen molar-refractivity contribution in [1.29, 1.82) is 0 Å². The van der Waals surface area contributed by atoms with Crippen LogP contribution in [0.1, 0.15) is 39.0 Å². The van der Waals surface area contributed by atoms with Gasteiger partial charge in [-0.3, -0.25) is 14.5 Å². The van der Waals surface area contributed by atoms with E-state index in [4.69, 9.17) is 8.94 Å². The first-order valence-electron chi connectivity index (χ1n) is 8.94. The Hall–Kier alpha value is -3.67. The normalized spacial score (nSPS) is 16.0. The van der Waals surface area contributed by atoms with Gasteiger partial charge in [-0.25, -0.2) is 0 Å². The van der Waals surface area contributed by atoms with Crippen LogP contribution < -0.4 is 10.3 Å². The standard InChI is InChI=1S/C22H16N2O4/c1-12-8-9-16-15(10-12)20(25)18-19(14-6-4-3-5-7-14)24(22(26)21(18)27-16)17-11-13(2)28-23-17/h3-11,19H,1-2H3. The number of hydrogen-bond acceptors (Lipinski definition) is 5. The van der Waals surface area contributed by atoms with Crippen LogP contribution in [0.3, 0.4) is 0 Å². The van der Waals surface area contributed by atoms with Crippen molar-refractivity contribution >= 4 is 22.7 Å². The molecule has 6 heteroatoms. The number of aryl methyl sites for hydroxylation is 2. The summed E-state index contributed by atoms with van der Waals surface area (Å²) in [5.74, 6) is 0.570. The van der Waals surface area contributed by atoms with E-state index < -0.39 is 11.9 Å². The minimum Gasteiger partial charge on any atom is -0.450 e. The Bertz CT molecular complexity index is 1290. The van der Waals surface area contributed by atoms with Crippen molar-refractivity contribution in [1.82, 2.24) is 5.16 Å². The second kappa shape index (κ2) is 5.92. The van der Waals surface area contributed by atoms with Crippen molar-refractivity contribution in [3.8, 4) is 0 Å². The number of fused-ring (bicyclic) bond motifs is 2. The van der Waals surface area contributed by atoms with Crippen LogP contribution in [0.5, 0.6) is 0 Å². The molecule has 3 heterocycles. The first-order valence-corrected chi connectivity index (χ1v) is 8.94. The summed E-state index contributed by atoms with van der Waals surface area (Å²) in [5, 5.41) is 4.47. The Morgan fingerprint density at radius 3 is 2.50 bits per heavy atom. The smallest absolute Gasteiger partial charge is 0.296 e. The minimum atomic E-state index is -0.630. The van der Waals surface area contributed by atoms with E-state index in [1.54, 1.807) is 25.1 Å². The van der Waals surface area contributed by atoms with Crippen molar-refractivity contribution < 1.29 is 13.7 Å². The van der Waals surface area contributed by atoms with Gasteiger partial charge in [0.15, 0.2) is 11.2 Å². The number of carbonyl (C=O) groups is 1. The Labute approximate surface area is 160 Å². The number of hydrogen-bond donors (Lipinski definition) is 0. The highest BCUT2D eigenvalue weighted by molar-refractivity contribution is 6.10. The van der Waals surface area contributed by atoms with Gasteiger partial charge in [0.1, 0.15) is 11.3 Å². The van der Waals surface area contributed by atoms with Crippen molar-refractivity contribution in [2.45, 2.75) is 19.9 Å². The third-order valence-corrected chi connectivity index (χ3v) is 5.00. The van der Waals surface area contributed by atoms with Crippen LogP contribution in [0.15, 0.2) is 68.3 Å². The first-order chi connectivity index (χ1) is 13.5. The van der Waals surface area contributed by atoms with E-state index in [0.717, 1.165) is 11.1 Å². The third-order valence-electron chi connectivity index (χ3n) is 5.00. The average Bonchev–Trinajstić information content (AvgIpc) is 3.24. The molecule has 0 saturated carbocycles. The molecule has 1 aliphatic heterocycles. The zero-order valence-corrected chi connectivity index (χ0v) is 15.3. The van der Waals surface area contributed by atoms with Crippen LogP contribution >= 0.6 is 0 Å². The number of aromatic nitrogens is 1. The largest absolute Gasteiger partial charge is 0.450 e. The van der Waals surface area contributed by atoms with Gasteiger partial charge in [-0.15, -0.1) is 0 Å². The zero-order valence-electron chi connectivity index (χ0n) is 15.3. The lowest BCUT2D eigenvalue weighted by atomic mass is 9.98. The average molecular weight is 372 g/mol. The maximum absolute atomic E-state index is 13.4. The molecular formula is C22H16N2O4. The summed E-state index contributed by atoms with van der Waals surface area (Å²) in [4.78, 5) is 28.1. The van der Waals surface area contributed by atoms with E-state index in [1.165, 1.54) is 4.90 Å². The van der Waals surface area contributed by atoms with Crippen molar-refractivity contribution in [3.63, 3.8) is 0 Å². The van der Waals surface area contributed by atoms with E-state index >= 15 is 0 Å².